The lowest BCUT2D eigenvalue weighted by atomic mass is 10.0. The molecule has 0 aliphatic heterocycles. The van der Waals surface area contributed by atoms with Gasteiger partial charge >= 0.3 is 5.97 Å². The summed E-state index contributed by atoms with van der Waals surface area (Å²) in [6.45, 7) is 1.49. The molecule has 30 heavy (non-hydrogen) atoms. The van der Waals surface area contributed by atoms with Crippen LogP contribution in [-0.2, 0) is 19.6 Å². The third kappa shape index (κ3) is 6.40. The molecule has 0 fully saturated rings. The van der Waals surface area contributed by atoms with E-state index >= 15 is 0 Å². The highest BCUT2D eigenvalue weighted by atomic mass is 32.2. The SMILES string of the molecule is Cc1ccc(/C=C/S(=O)(=O)NCC(=O)OC(c2ccccc2)c2ccccc2)cc1. The lowest BCUT2D eigenvalue weighted by Gasteiger charge is -2.19. The van der Waals surface area contributed by atoms with Crippen LogP contribution in [0.1, 0.15) is 28.4 Å². The van der Waals surface area contributed by atoms with Crippen LogP contribution in [0.3, 0.4) is 0 Å². The van der Waals surface area contributed by atoms with Gasteiger partial charge in [-0.2, -0.15) is 0 Å². The van der Waals surface area contributed by atoms with Crippen molar-refractivity contribution in [3.8, 4) is 0 Å². The highest BCUT2D eigenvalue weighted by Crippen LogP contribution is 2.25. The van der Waals surface area contributed by atoms with Gasteiger partial charge in [0.25, 0.3) is 0 Å². The third-order valence-corrected chi connectivity index (χ3v) is 5.43. The number of ether oxygens (including phenoxy) is 1. The minimum atomic E-state index is -3.78. The molecule has 0 heterocycles. The van der Waals surface area contributed by atoms with Gasteiger partial charge in [-0.15, -0.1) is 0 Å². The van der Waals surface area contributed by atoms with Crippen LogP contribution in [0, 0.1) is 6.92 Å². The minimum absolute atomic E-state index is 0.462. The summed E-state index contributed by atoms with van der Waals surface area (Å²) in [7, 11) is -3.78. The van der Waals surface area contributed by atoms with E-state index in [1.807, 2.05) is 91.9 Å². The van der Waals surface area contributed by atoms with Crippen molar-refractivity contribution >= 4 is 22.1 Å². The van der Waals surface area contributed by atoms with E-state index < -0.39 is 28.6 Å². The van der Waals surface area contributed by atoms with Crippen molar-refractivity contribution in [2.75, 3.05) is 6.54 Å². The van der Waals surface area contributed by atoms with E-state index in [9.17, 15) is 13.2 Å². The standard InChI is InChI=1S/C24H23NO4S/c1-19-12-14-20(15-13-19)16-17-30(27,28)25-18-23(26)29-24(21-8-4-2-5-9-21)22-10-6-3-7-11-22/h2-17,24-25H,18H2,1H3/b17-16+. The highest BCUT2D eigenvalue weighted by Gasteiger charge is 2.19. The molecule has 0 bridgehead atoms. The summed E-state index contributed by atoms with van der Waals surface area (Å²) in [4.78, 5) is 12.4. The molecular formula is C24H23NO4S. The number of hydrogen-bond donors (Lipinski definition) is 1. The first-order chi connectivity index (χ1) is 14.4. The van der Waals surface area contributed by atoms with Crippen LogP contribution in [0.5, 0.6) is 0 Å². The first-order valence-electron chi connectivity index (χ1n) is 9.47. The Hall–Kier alpha value is -3.22. The van der Waals surface area contributed by atoms with Gasteiger partial charge in [-0.05, 0) is 29.7 Å². The summed E-state index contributed by atoms with van der Waals surface area (Å²) in [6, 6.07) is 26.1. The summed E-state index contributed by atoms with van der Waals surface area (Å²) in [6.07, 6.45) is 0.858. The molecular weight excluding hydrogens is 398 g/mol. The number of hydrogen-bond acceptors (Lipinski definition) is 4. The smallest absolute Gasteiger partial charge is 0.321 e. The predicted molar refractivity (Wildman–Crippen MR) is 118 cm³/mol. The maximum Gasteiger partial charge on any atom is 0.321 e. The van der Waals surface area contributed by atoms with Crippen LogP contribution >= 0.6 is 0 Å². The number of esters is 1. The van der Waals surface area contributed by atoms with Crippen molar-refractivity contribution in [3.63, 3.8) is 0 Å². The van der Waals surface area contributed by atoms with E-state index in [1.54, 1.807) is 0 Å². The second-order valence-corrected chi connectivity index (χ2v) is 8.42. The van der Waals surface area contributed by atoms with Crippen LogP contribution in [0.15, 0.2) is 90.3 Å². The van der Waals surface area contributed by atoms with Crippen molar-refractivity contribution in [2.24, 2.45) is 0 Å². The lowest BCUT2D eigenvalue weighted by Crippen LogP contribution is -2.30. The quantitative estimate of drug-likeness (QED) is 0.553. The molecule has 6 heteroatoms. The second-order valence-electron chi connectivity index (χ2n) is 6.77. The second kappa shape index (κ2) is 10.0. The van der Waals surface area contributed by atoms with Crippen LogP contribution in [0.2, 0.25) is 0 Å². The largest absolute Gasteiger partial charge is 0.452 e. The van der Waals surface area contributed by atoms with Crippen LogP contribution in [0.4, 0.5) is 0 Å². The third-order valence-electron chi connectivity index (χ3n) is 4.39. The van der Waals surface area contributed by atoms with Gasteiger partial charge in [0.15, 0.2) is 6.10 Å². The van der Waals surface area contributed by atoms with Gasteiger partial charge in [0.05, 0.1) is 0 Å². The molecule has 5 nitrogen and oxygen atoms in total. The topological polar surface area (TPSA) is 72.5 Å². The highest BCUT2D eigenvalue weighted by molar-refractivity contribution is 7.92. The molecule has 0 atom stereocenters. The summed E-state index contributed by atoms with van der Waals surface area (Å²) >= 11 is 0. The maximum absolute atomic E-state index is 12.4. The zero-order valence-electron chi connectivity index (χ0n) is 16.6. The van der Waals surface area contributed by atoms with Gasteiger partial charge in [-0.1, -0.05) is 90.5 Å². The molecule has 3 aromatic rings. The lowest BCUT2D eigenvalue weighted by molar-refractivity contribution is -0.146. The Morgan fingerprint density at radius 3 is 1.97 bits per heavy atom. The maximum atomic E-state index is 12.4. The first-order valence-corrected chi connectivity index (χ1v) is 11.0. The average Bonchev–Trinajstić information content (AvgIpc) is 2.77. The van der Waals surface area contributed by atoms with Gasteiger partial charge in [-0.25, -0.2) is 13.1 Å². The Labute approximate surface area is 177 Å². The molecule has 0 aromatic heterocycles. The molecule has 3 rings (SSSR count). The number of carbonyl (C=O) groups is 1. The number of aryl methyl sites for hydroxylation is 1. The Balaban J connectivity index is 1.64. The van der Waals surface area contributed by atoms with E-state index in [1.165, 1.54) is 6.08 Å². The number of nitrogens with one attached hydrogen (secondary N) is 1. The van der Waals surface area contributed by atoms with Gasteiger partial charge in [0.1, 0.15) is 6.54 Å². The fourth-order valence-corrected chi connectivity index (χ4v) is 3.56. The predicted octanol–water partition coefficient (Wildman–Crippen LogP) is 4.22. The molecule has 3 aromatic carbocycles. The summed E-state index contributed by atoms with van der Waals surface area (Å²) in [5.41, 5.74) is 3.45. The molecule has 0 saturated heterocycles. The molecule has 0 aliphatic rings. The Morgan fingerprint density at radius 2 is 1.43 bits per heavy atom. The van der Waals surface area contributed by atoms with Gasteiger partial charge in [-0.3, -0.25) is 4.79 Å². The van der Waals surface area contributed by atoms with Gasteiger partial charge in [0.2, 0.25) is 10.0 Å². The number of carbonyl (C=O) groups excluding carboxylic acids is 1. The van der Waals surface area contributed by atoms with Crippen molar-refractivity contribution in [1.29, 1.82) is 0 Å². The normalized spacial score (nSPS) is 11.7. The minimum Gasteiger partial charge on any atom is -0.452 e. The van der Waals surface area contributed by atoms with Crippen molar-refractivity contribution < 1.29 is 17.9 Å². The summed E-state index contributed by atoms with van der Waals surface area (Å²) < 4.78 is 32.3. The molecule has 154 valence electrons. The monoisotopic (exact) mass is 421 g/mol. The number of benzene rings is 3. The first kappa shape index (κ1) is 21.5. The van der Waals surface area contributed by atoms with E-state index in [0.29, 0.717) is 0 Å². The zero-order valence-corrected chi connectivity index (χ0v) is 17.4. The molecule has 0 unspecified atom stereocenters. The summed E-state index contributed by atoms with van der Waals surface area (Å²) in [5, 5.41) is 1.04. The Kier molecular flexibility index (Phi) is 7.17. The zero-order chi connectivity index (χ0) is 21.4. The number of rotatable bonds is 8. The van der Waals surface area contributed by atoms with Crippen molar-refractivity contribution in [2.45, 2.75) is 13.0 Å². The van der Waals surface area contributed by atoms with Crippen LogP contribution in [0.25, 0.3) is 6.08 Å². The van der Waals surface area contributed by atoms with Crippen LogP contribution in [-0.4, -0.2) is 20.9 Å². The number of sulfonamides is 1. The van der Waals surface area contributed by atoms with Crippen LogP contribution < -0.4 is 4.72 Å². The molecule has 0 aliphatic carbocycles. The average molecular weight is 422 g/mol. The van der Waals surface area contributed by atoms with E-state index in [2.05, 4.69) is 4.72 Å². The van der Waals surface area contributed by atoms with E-state index in [-0.39, 0.29) is 0 Å². The van der Waals surface area contributed by atoms with E-state index in [4.69, 9.17) is 4.74 Å². The fraction of sp³-hybridized carbons (Fsp3) is 0.125. The Bertz CT molecular complexity index is 1050. The van der Waals surface area contributed by atoms with Crippen molar-refractivity contribution in [3.05, 3.63) is 113 Å². The van der Waals surface area contributed by atoms with Crippen molar-refractivity contribution in [1.82, 2.24) is 4.72 Å². The fourth-order valence-electron chi connectivity index (χ4n) is 2.81. The molecule has 0 saturated carbocycles. The van der Waals surface area contributed by atoms with Gasteiger partial charge in [0, 0.05) is 5.41 Å². The molecule has 0 spiro atoms. The molecule has 0 radical (unpaired) electrons. The summed E-state index contributed by atoms with van der Waals surface area (Å²) in [5.74, 6) is -0.667. The molecule has 0 amide bonds. The van der Waals surface area contributed by atoms with E-state index in [0.717, 1.165) is 27.7 Å². The Morgan fingerprint density at radius 1 is 0.900 bits per heavy atom. The molecule has 1 N–H and O–H groups in total. The van der Waals surface area contributed by atoms with Gasteiger partial charge < -0.3 is 4.74 Å².